The van der Waals surface area contributed by atoms with Crippen molar-refractivity contribution in [2.75, 3.05) is 11.9 Å². The lowest BCUT2D eigenvalue weighted by Crippen LogP contribution is -2.19. The van der Waals surface area contributed by atoms with E-state index in [1.165, 1.54) is 0 Å². The quantitative estimate of drug-likeness (QED) is 0.840. The minimum absolute atomic E-state index is 0.111. The molecule has 0 spiro atoms. The van der Waals surface area contributed by atoms with E-state index < -0.39 is 5.91 Å². The van der Waals surface area contributed by atoms with E-state index in [9.17, 15) is 4.79 Å². The fourth-order valence-corrected chi connectivity index (χ4v) is 1.62. The van der Waals surface area contributed by atoms with Gasteiger partial charge in [0, 0.05) is 11.9 Å². The second kappa shape index (κ2) is 6.56. The Morgan fingerprint density at radius 2 is 2.00 bits per heavy atom. The fourth-order valence-electron chi connectivity index (χ4n) is 1.62. The molecule has 1 heterocycles. The van der Waals surface area contributed by atoms with Crippen molar-refractivity contribution in [2.24, 2.45) is 5.73 Å². The van der Waals surface area contributed by atoms with E-state index in [0.717, 1.165) is 16.9 Å². The molecule has 1 aromatic carbocycles. The Morgan fingerprint density at radius 1 is 1.25 bits per heavy atom. The summed E-state index contributed by atoms with van der Waals surface area (Å²) in [5.74, 6) is 0.125. The number of nitrogens with one attached hydrogen (secondary N) is 1. The van der Waals surface area contributed by atoms with Crippen LogP contribution in [0.4, 0.5) is 5.69 Å². The van der Waals surface area contributed by atoms with Crippen LogP contribution in [0, 0.1) is 6.92 Å². The first kappa shape index (κ1) is 13.9. The van der Waals surface area contributed by atoms with Crippen molar-refractivity contribution < 1.29 is 9.53 Å². The van der Waals surface area contributed by atoms with Gasteiger partial charge in [-0.25, -0.2) is 0 Å². The molecule has 0 bridgehead atoms. The summed E-state index contributed by atoms with van der Waals surface area (Å²) in [4.78, 5) is 14.9. The van der Waals surface area contributed by atoms with E-state index in [1.807, 2.05) is 37.4 Å². The third-order valence-corrected chi connectivity index (χ3v) is 2.68. The Hall–Kier alpha value is -2.56. The highest BCUT2D eigenvalue weighted by molar-refractivity contribution is 5.75. The second-order valence-electron chi connectivity index (χ2n) is 4.46. The third-order valence-electron chi connectivity index (χ3n) is 2.68. The predicted molar refractivity (Wildman–Crippen MR) is 77.4 cm³/mol. The summed E-state index contributed by atoms with van der Waals surface area (Å²) < 4.78 is 5.18. The molecule has 104 valence electrons. The lowest BCUT2D eigenvalue weighted by Gasteiger charge is -2.08. The predicted octanol–water partition coefficient (Wildman–Crippen LogP) is 1.87. The van der Waals surface area contributed by atoms with Crippen LogP contribution in [0.25, 0.3) is 0 Å². The molecule has 0 saturated carbocycles. The maximum atomic E-state index is 10.6. The molecule has 0 atom stereocenters. The van der Waals surface area contributed by atoms with Crippen LogP contribution in [0.1, 0.15) is 11.3 Å². The van der Waals surface area contributed by atoms with Crippen LogP contribution in [0.3, 0.4) is 0 Å². The topological polar surface area (TPSA) is 77.2 Å². The number of carbonyl (C=O) groups excluding carboxylic acids is 1. The van der Waals surface area contributed by atoms with Gasteiger partial charge in [-0.3, -0.25) is 9.78 Å². The number of nitrogens with zero attached hydrogens (tertiary/aromatic N) is 1. The summed E-state index contributed by atoms with van der Waals surface area (Å²) in [7, 11) is 0. The number of primary amides is 1. The van der Waals surface area contributed by atoms with Crippen LogP contribution in [0.15, 0.2) is 42.6 Å². The van der Waals surface area contributed by atoms with Crippen LogP contribution in [0.2, 0.25) is 0 Å². The standard InChI is InChI=1S/C15H17N3O2/c1-11-2-3-13(17-8-11)9-18-12-4-6-14(7-5-12)20-10-15(16)19/h2-8,18H,9-10H2,1H3,(H2,16,19). The van der Waals surface area contributed by atoms with Gasteiger partial charge in [0.1, 0.15) is 5.75 Å². The Bertz CT molecular complexity index is 565. The van der Waals surface area contributed by atoms with Gasteiger partial charge in [0.05, 0.1) is 12.2 Å². The number of amides is 1. The fraction of sp³-hybridized carbons (Fsp3) is 0.200. The number of rotatable bonds is 6. The van der Waals surface area contributed by atoms with E-state index >= 15 is 0 Å². The zero-order valence-corrected chi connectivity index (χ0v) is 11.3. The highest BCUT2D eigenvalue weighted by Crippen LogP contribution is 2.16. The van der Waals surface area contributed by atoms with E-state index in [2.05, 4.69) is 10.3 Å². The maximum Gasteiger partial charge on any atom is 0.255 e. The molecule has 2 aromatic rings. The number of benzene rings is 1. The summed E-state index contributed by atoms with van der Waals surface area (Å²) in [5.41, 5.74) is 8.09. The van der Waals surface area contributed by atoms with Gasteiger partial charge in [-0.1, -0.05) is 6.07 Å². The third kappa shape index (κ3) is 4.28. The normalized spacial score (nSPS) is 10.1. The molecular weight excluding hydrogens is 254 g/mol. The van der Waals surface area contributed by atoms with Crippen molar-refractivity contribution in [3.8, 4) is 5.75 Å². The van der Waals surface area contributed by atoms with E-state index in [0.29, 0.717) is 12.3 Å². The van der Waals surface area contributed by atoms with E-state index in [4.69, 9.17) is 10.5 Å². The second-order valence-corrected chi connectivity index (χ2v) is 4.46. The molecule has 0 unspecified atom stereocenters. The lowest BCUT2D eigenvalue weighted by molar-refractivity contribution is -0.119. The van der Waals surface area contributed by atoms with Gasteiger partial charge in [0.2, 0.25) is 0 Å². The molecule has 0 aliphatic heterocycles. The van der Waals surface area contributed by atoms with Gasteiger partial charge in [0.25, 0.3) is 5.91 Å². The minimum Gasteiger partial charge on any atom is -0.484 e. The van der Waals surface area contributed by atoms with Crippen molar-refractivity contribution in [3.63, 3.8) is 0 Å². The lowest BCUT2D eigenvalue weighted by atomic mass is 10.2. The molecule has 5 nitrogen and oxygen atoms in total. The molecule has 5 heteroatoms. The Balaban J connectivity index is 1.87. The highest BCUT2D eigenvalue weighted by atomic mass is 16.5. The van der Waals surface area contributed by atoms with E-state index in [-0.39, 0.29) is 6.61 Å². The van der Waals surface area contributed by atoms with Crippen LogP contribution >= 0.6 is 0 Å². The average molecular weight is 271 g/mol. The zero-order valence-electron chi connectivity index (χ0n) is 11.3. The number of pyridine rings is 1. The molecule has 2 rings (SSSR count). The van der Waals surface area contributed by atoms with Gasteiger partial charge in [-0.2, -0.15) is 0 Å². The monoisotopic (exact) mass is 271 g/mol. The summed E-state index contributed by atoms with van der Waals surface area (Å²) in [6.45, 7) is 2.55. The van der Waals surface area contributed by atoms with Gasteiger partial charge in [-0.05, 0) is 42.8 Å². The number of nitrogens with two attached hydrogens (primary N) is 1. The summed E-state index contributed by atoms with van der Waals surface area (Å²) in [5, 5.41) is 3.26. The first-order chi connectivity index (χ1) is 9.63. The van der Waals surface area contributed by atoms with Crippen molar-refractivity contribution >= 4 is 11.6 Å². The van der Waals surface area contributed by atoms with Crippen molar-refractivity contribution in [1.29, 1.82) is 0 Å². The molecule has 0 aliphatic carbocycles. The molecule has 0 radical (unpaired) electrons. The molecule has 0 saturated heterocycles. The number of hydrogen-bond acceptors (Lipinski definition) is 4. The van der Waals surface area contributed by atoms with Crippen molar-refractivity contribution in [2.45, 2.75) is 13.5 Å². The first-order valence-corrected chi connectivity index (χ1v) is 6.30. The number of hydrogen-bond donors (Lipinski definition) is 2. The Kier molecular flexibility index (Phi) is 4.55. The molecule has 0 aliphatic rings. The molecule has 1 amide bonds. The number of aryl methyl sites for hydroxylation is 1. The highest BCUT2D eigenvalue weighted by Gasteiger charge is 1.99. The number of anilines is 1. The van der Waals surface area contributed by atoms with Crippen LogP contribution < -0.4 is 15.8 Å². The van der Waals surface area contributed by atoms with Crippen molar-refractivity contribution in [3.05, 3.63) is 53.9 Å². The summed E-state index contributed by atoms with van der Waals surface area (Å²) >= 11 is 0. The smallest absolute Gasteiger partial charge is 0.255 e. The van der Waals surface area contributed by atoms with Crippen LogP contribution in [-0.2, 0) is 11.3 Å². The summed E-state index contributed by atoms with van der Waals surface area (Å²) in [6, 6.07) is 11.4. The van der Waals surface area contributed by atoms with Gasteiger partial charge < -0.3 is 15.8 Å². The van der Waals surface area contributed by atoms with Gasteiger partial charge in [0.15, 0.2) is 6.61 Å². The van der Waals surface area contributed by atoms with Gasteiger partial charge in [-0.15, -0.1) is 0 Å². The molecule has 0 fully saturated rings. The minimum atomic E-state index is -0.488. The maximum absolute atomic E-state index is 10.6. The van der Waals surface area contributed by atoms with Crippen molar-refractivity contribution in [1.82, 2.24) is 4.98 Å². The number of aromatic nitrogens is 1. The van der Waals surface area contributed by atoms with Crippen LogP contribution in [-0.4, -0.2) is 17.5 Å². The SMILES string of the molecule is Cc1ccc(CNc2ccc(OCC(N)=O)cc2)nc1. The Labute approximate surface area is 117 Å². The first-order valence-electron chi connectivity index (χ1n) is 6.30. The molecular formula is C15H17N3O2. The number of carbonyl (C=O) groups is 1. The summed E-state index contributed by atoms with van der Waals surface area (Å²) in [6.07, 6.45) is 1.85. The zero-order chi connectivity index (χ0) is 14.4. The Morgan fingerprint density at radius 3 is 2.60 bits per heavy atom. The largest absolute Gasteiger partial charge is 0.484 e. The van der Waals surface area contributed by atoms with Crippen LogP contribution in [0.5, 0.6) is 5.75 Å². The van der Waals surface area contributed by atoms with E-state index in [1.54, 1.807) is 12.1 Å². The number of ether oxygens (including phenoxy) is 1. The van der Waals surface area contributed by atoms with Gasteiger partial charge >= 0.3 is 0 Å². The molecule has 3 N–H and O–H groups in total. The average Bonchev–Trinajstić information content (AvgIpc) is 2.45. The molecule has 1 aromatic heterocycles. The molecule has 20 heavy (non-hydrogen) atoms.